The molecule has 2 amide bonds. The van der Waals surface area contributed by atoms with E-state index in [0.717, 1.165) is 28.1 Å². The second kappa shape index (κ2) is 11.5. The Morgan fingerprint density at radius 2 is 1.67 bits per heavy atom. The zero-order chi connectivity index (χ0) is 24.8. The molecule has 0 radical (unpaired) electrons. The quantitative estimate of drug-likeness (QED) is 0.546. The third-order valence-electron chi connectivity index (χ3n) is 5.56. The number of rotatable bonds is 10. The van der Waals surface area contributed by atoms with Crippen LogP contribution in [-0.4, -0.2) is 50.0 Å². The first-order valence-corrected chi connectivity index (χ1v) is 13.0. The van der Waals surface area contributed by atoms with Crippen molar-refractivity contribution in [1.82, 2.24) is 10.2 Å². The topological polar surface area (TPSA) is 86.8 Å². The summed E-state index contributed by atoms with van der Waals surface area (Å²) in [7, 11) is -3.77. The Kier molecular flexibility index (Phi) is 9.31. The van der Waals surface area contributed by atoms with E-state index >= 15 is 0 Å². The van der Waals surface area contributed by atoms with E-state index in [2.05, 4.69) is 5.32 Å². The number of hydrogen-bond acceptors (Lipinski definition) is 4. The lowest BCUT2D eigenvalue weighted by atomic mass is 10.1. The number of halogens is 1. The van der Waals surface area contributed by atoms with Gasteiger partial charge in [0.05, 0.1) is 11.9 Å². The number of benzene rings is 2. The fourth-order valence-corrected chi connectivity index (χ4v) is 4.22. The highest BCUT2D eigenvalue weighted by atomic mass is 35.5. The maximum Gasteiger partial charge on any atom is 0.244 e. The molecule has 0 aliphatic heterocycles. The van der Waals surface area contributed by atoms with Crippen LogP contribution in [0.5, 0.6) is 0 Å². The van der Waals surface area contributed by atoms with Crippen LogP contribution in [0.25, 0.3) is 0 Å². The molecular weight excluding hydrogens is 462 g/mol. The maximum atomic E-state index is 13.5. The second-order valence-corrected chi connectivity index (χ2v) is 10.5. The summed E-state index contributed by atoms with van der Waals surface area (Å²) in [5.41, 5.74) is 2.18. The maximum absolute atomic E-state index is 13.5. The standard InChI is InChI=1S/C24H32ClN3O4S/c1-6-18(3)26-24(30)19(4)27(15-20-10-8-7-9-17(20)2)23(29)16-28(33(5,31)32)22-13-11-21(25)12-14-22/h7-14,18-19H,6,15-16H2,1-5H3,(H,26,30). The van der Waals surface area contributed by atoms with Gasteiger partial charge in [-0.25, -0.2) is 8.42 Å². The Bertz CT molecular complexity index is 1070. The Morgan fingerprint density at radius 3 is 2.21 bits per heavy atom. The minimum Gasteiger partial charge on any atom is -0.352 e. The van der Waals surface area contributed by atoms with Gasteiger partial charge in [0.25, 0.3) is 0 Å². The van der Waals surface area contributed by atoms with E-state index < -0.39 is 28.5 Å². The highest BCUT2D eigenvalue weighted by molar-refractivity contribution is 7.92. The van der Waals surface area contributed by atoms with Crippen molar-refractivity contribution in [2.45, 2.75) is 52.7 Å². The Labute approximate surface area is 201 Å². The summed E-state index contributed by atoms with van der Waals surface area (Å²) in [5, 5.41) is 3.36. The van der Waals surface area contributed by atoms with Crippen molar-refractivity contribution in [1.29, 1.82) is 0 Å². The second-order valence-electron chi connectivity index (χ2n) is 8.19. The van der Waals surface area contributed by atoms with Gasteiger partial charge in [-0.05, 0) is 62.6 Å². The van der Waals surface area contributed by atoms with Crippen LogP contribution >= 0.6 is 11.6 Å². The first-order valence-electron chi connectivity index (χ1n) is 10.8. The molecule has 7 nitrogen and oxygen atoms in total. The molecule has 0 bridgehead atoms. The molecule has 0 saturated carbocycles. The van der Waals surface area contributed by atoms with E-state index in [4.69, 9.17) is 11.6 Å². The van der Waals surface area contributed by atoms with E-state index in [0.29, 0.717) is 10.7 Å². The number of aryl methyl sites for hydroxylation is 1. The van der Waals surface area contributed by atoms with Crippen LogP contribution in [0.3, 0.4) is 0 Å². The van der Waals surface area contributed by atoms with Crippen LogP contribution in [0.4, 0.5) is 5.69 Å². The molecular formula is C24H32ClN3O4S. The number of nitrogens with zero attached hydrogens (tertiary/aromatic N) is 2. The molecule has 0 fully saturated rings. The first kappa shape index (κ1) is 26.7. The zero-order valence-corrected chi connectivity index (χ0v) is 21.3. The summed E-state index contributed by atoms with van der Waals surface area (Å²) >= 11 is 5.93. The van der Waals surface area contributed by atoms with Crippen LogP contribution in [-0.2, 0) is 26.2 Å². The molecule has 0 saturated heterocycles. The molecule has 0 heterocycles. The predicted octanol–water partition coefficient (Wildman–Crippen LogP) is 3.75. The molecule has 2 atom stereocenters. The zero-order valence-electron chi connectivity index (χ0n) is 19.7. The van der Waals surface area contributed by atoms with Crippen LogP contribution in [0.2, 0.25) is 5.02 Å². The lowest BCUT2D eigenvalue weighted by Gasteiger charge is -2.32. The summed E-state index contributed by atoms with van der Waals surface area (Å²) in [5.74, 6) is -0.769. The van der Waals surface area contributed by atoms with Gasteiger partial charge in [0.2, 0.25) is 21.8 Å². The van der Waals surface area contributed by atoms with Crippen molar-refractivity contribution >= 4 is 39.1 Å². The summed E-state index contributed by atoms with van der Waals surface area (Å²) in [6.07, 6.45) is 1.79. The molecule has 2 aromatic carbocycles. The smallest absolute Gasteiger partial charge is 0.244 e. The number of sulfonamides is 1. The average molecular weight is 494 g/mol. The Balaban J connectivity index is 2.39. The number of nitrogens with one attached hydrogen (secondary N) is 1. The van der Waals surface area contributed by atoms with Crippen molar-refractivity contribution in [3.63, 3.8) is 0 Å². The number of amides is 2. The lowest BCUT2D eigenvalue weighted by Crippen LogP contribution is -2.52. The van der Waals surface area contributed by atoms with Crippen molar-refractivity contribution in [3.05, 3.63) is 64.7 Å². The van der Waals surface area contributed by atoms with Gasteiger partial charge in [-0.2, -0.15) is 0 Å². The normalized spacial score (nSPS) is 13.2. The van der Waals surface area contributed by atoms with Crippen LogP contribution in [0, 0.1) is 6.92 Å². The van der Waals surface area contributed by atoms with Crippen molar-refractivity contribution < 1.29 is 18.0 Å². The van der Waals surface area contributed by atoms with Crippen molar-refractivity contribution in [3.8, 4) is 0 Å². The minimum atomic E-state index is -3.77. The van der Waals surface area contributed by atoms with Crippen LogP contribution in [0.1, 0.15) is 38.3 Å². The van der Waals surface area contributed by atoms with Gasteiger partial charge in [0.1, 0.15) is 12.6 Å². The molecule has 2 unspecified atom stereocenters. The molecule has 0 aromatic heterocycles. The van der Waals surface area contributed by atoms with Crippen molar-refractivity contribution in [2.24, 2.45) is 0 Å². The first-order chi connectivity index (χ1) is 15.4. The third kappa shape index (κ3) is 7.47. The molecule has 2 rings (SSSR count). The third-order valence-corrected chi connectivity index (χ3v) is 6.96. The van der Waals surface area contributed by atoms with Gasteiger partial charge in [-0.1, -0.05) is 42.8 Å². The molecule has 0 aliphatic rings. The fraction of sp³-hybridized carbons (Fsp3) is 0.417. The average Bonchev–Trinajstić information content (AvgIpc) is 2.76. The van der Waals surface area contributed by atoms with Gasteiger partial charge in [0.15, 0.2) is 0 Å². The lowest BCUT2D eigenvalue weighted by molar-refractivity contribution is -0.139. The summed E-state index contributed by atoms with van der Waals surface area (Å²) in [6.45, 7) is 7.18. The van der Waals surface area contributed by atoms with Gasteiger partial charge in [-0.3, -0.25) is 13.9 Å². The SMILES string of the molecule is CCC(C)NC(=O)C(C)N(Cc1ccccc1C)C(=O)CN(c1ccc(Cl)cc1)S(C)(=O)=O. The molecule has 1 N–H and O–H groups in total. The largest absolute Gasteiger partial charge is 0.352 e. The molecule has 2 aromatic rings. The highest BCUT2D eigenvalue weighted by Gasteiger charge is 2.30. The van der Waals surface area contributed by atoms with Gasteiger partial charge in [-0.15, -0.1) is 0 Å². The summed E-state index contributed by atoms with van der Waals surface area (Å²) in [4.78, 5) is 27.8. The van der Waals surface area contributed by atoms with E-state index in [1.54, 1.807) is 31.2 Å². The minimum absolute atomic E-state index is 0.0445. The number of hydrogen-bond donors (Lipinski definition) is 1. The molecule has 0 aliphatic carbocycles. The van der Waals surface area contributed by atoms with Crippen LogP contribution in [0.15, 0.2) is 48.5 Å². The Hall–Kier alpha value is -2.58. The van der Waals surface area contributed by atoms with Crippen LogP contribution < -0.4 is 9.62 Å². The van der Waals surface area contributed by atoms with E-state index in [1.165, 1.54) is 4.90 Å². The number of carbonyl (C=O) groups is 2. The van der Waals surface area contributed by atoms with E-state index in [9.17, 15) is 18.0 Å². The van der Waals surface area contributed by atoms with Gasteiger partial charge < -0.3 is 10.2 Å². The molecule has 0 spiro atoms. The molecule has 180 valence electrons. The molecule has 9 heteroatoms. The van der Waals surface area contributed by atoms with Gasteiger partial charge >= 0.3 is 0 Å². The highest BCUT2D eigenvalue weighted by Crippen LogP contribution is 2.22. The number of anilines is 1. The van der Waals surface area contributed by atoms with E-state index in [1.807, 2.05) is 45.0 Å². The predicted molar refractivity (Wildman–Crippen MR) is 133 cm³/mol. The Morgan fingerprint density at radius 1 is 1.06 bits per heavy atom. The molecule has 33 heavy (non-hydrogen) atoms. The summed E-state index contributed by atoms with van der Waals surface area (Å²) < 4.78 is 26.1. The number of carbonyl (C=O) groups excluding carboxylic acids is 2. The van der Waals surface area contributed by atoms with Gasteiger partial charge in [0, 0.05) is 17.6 Å². The monoisotopic (exact) mass is 493 g/mol. The fourth-order valence-electron chi connectivity index (χ4n) is 3.24. The van der Waals surface area contributed by atoms with Crippen molar-refractivity contribution in [2.75, 3.05) is 17.1 Å². The summed E-state index contributed by atoms with van der Waals surface area (Å²) in [6, 6.07) is 13.0. The van der Waals surface area contributed by atoms with E-state index in [-0.39, 0.29) is 18.5 Å².